The molecule has 33 heavy (non-hydrogen) atoms. The summed E-state index contributed by atoms with van der Waals surface area (Å²) in [5.74, 6) is -1.52. The molecule has 0 atom stereocenters. The highest BCUT2D eigenvalue weighted by molar-refractivity contribution is 9.10. The third-order valence-corrected chi connectivity index (χ3v) is 6.39. The zero-order chi connectivity index (χ0) is 24.4. The summed E-state index contributed by atoms with van der Waals surface area (Å²) < 4.78 is 5.75. The number of methoxy groups -OCH3 is 1. The largest absolute Gasteiger partial charge is 0.465 e. The Morgan fingerprint density at radius 3 is 2.06 bits per heavy atom. The second-order valence-corrected chi connectivity index (χ2v) is 8.98. The minimum atomic E-state index is -0.838. The SMILES string of the molecule is COC(=O)c1c(NC(=O)c2cc([N+](=O)[O-])c(C)c([N+](=O)[O-])c2)sc(C)c1-c1ccc(Br)cc1. The minimum absolute atomic E-state index is 0.117. The fraction of sp³-hybridized carbons (Fsp3) is 0.143. The predicted molar refractivity (Wildman–Crippen MR) is 126 cm³/mol. The second-order valence-electron chi connectivity index (χ2n) is 6.84. The number of carbonyl (C=O) groups is 2. The summed E-state index contributed by atoms with van der Waals surface area (Å²) >= 11 is 4.48. The van der Waals surface area contributed by atoms with E-state index in [0.29, 0.717) is 10.4 Å². The first-order valence-corrected chi connectivity index (χ1v) is 10.9. The number of nitrogens with one attached hydrogen (secondary N) is 1. The van der Waals surface area contributed by atoms with E-state index in [2.05, 4.69) is 21.2 Å². The number of ether oxygens (including phenoxy) is 1. The maximum Gasteiger partial charge on any atom is 0.341 e. The molecule has 0 bridgehead atoms. The standard InChI is InChI=1S/C21H16BrN3O7S/c1-10-15(24(28)29)8-13(9-16(10)25(30)31)19(26)23-20-18(21(27)32-3)17(11(2)33-20)12-4-6-14(22)7-5-12/h4-9H,1-3H3,(H,23,26). The Morgan fingerprint density at radius 2 is 1.58 bits per heavy atom. The third-order valence-electron chi connectivity index (χ3n) is 4.84. The number of carbonyl (C=O) groups excluding carboxylic acids is 2. The van der Waals surface area contributed by atoms with Crippen molar-refractivity contribution in [3.8, 4) is 11.1 Å². The summed E-state index contributed by atoms with van der Waals surface area (Å²) in [6.07, 6.45) is 0. The van der Waals surface area contributed by atoms with Crippen LogP contribution in [0.15, 0.2) is 40.9 Å². The molecule has 0 spiro atoms. The van der Waals surface area contributed by atoms with E-state index in [1.807, 2.05) is 0 Å². The number of nitro benzene ring substituents is 2. The molecule has 1 N–H and O–H groups in total. The number of benzene rings is 2. The lowest BCUT2D eigenvalue weighted by molar-refractivity contribution is -0.395. The van der Waals surface area contributed by atoms with Crippen LogP contribution in [0.2, 0.25) is 0 Å². The number of thiophene rings is 1. The molecule has 0 fully saturated rings. The number of aryl methyl sites for hydroxylation is 1. The first kappa shape index (κ1) is 24.0. The number of anilines is 1. The number of hydrogen-bond acceptors (Lipinski definition) is 8. The van der Waals surface area contributed by atoms with E-state index in [1.54, 1.807) is 31.2 Å². The number of hydrogen-bond donors (Lipinski definition) is 1. The lowest BCUT2D eigenvalue weighted by Gasteiger charge is -2.09. The molecule has 0 unspecified atom stereocenters. The first-order chi connectivity index (χ1) is 15.5. The third kappa shape index (κ3) is 4.76. The summed E-state index contributed by atoms with van der Waals surface area (Å²) in [6, 6.07) is 9.12. The summed E-state index contributed by atoms with van der Waals surface area (Å²) in [5, 5.41) is 25.4. The van der Waals surface area contributed by atoms with Gasteiger partial charge in [-0.25, -0.2) is 4.79 Å². The van der Waals surface area contributed by atoms with Gasteiger partial charge >= 0.3 is 5.97 Å². The Kier molecular flexibility index (Phi) is 6.89. The molecule has 1 aromatic heterocycles. The molecule has 0 aliphatic rings. The Morgan fingerprint density at radius 1 is 1.03 bits per heavy atom. The molecule has 0 aliphatic carbocycles. The van der Waals surface area contributed by atoms with Gasteiger partial charge in [0.25, 0.3) is 17.3 Å². The van der Waals surface area contributed by atoms with Crippen LogP contribution >= 0.6 is 27.3 Å². The minimum Gasteiger partial charge on any atom is -0.465 e. The molecule has 3 aromatic rings. The van der Waals surface area contributed by atoms with Crippen molar-refractivity contribution < 1.29 is 24.2 Å². The first-order valence-electron chi connectivity index (χ1n) is 9.27. The second kappa shape index (κ2) is 9.46. The van der Waals surface area contributed by atoms with E-state index in [9.17, 15) is 29.8 Å². The monoisotopic (exact) mass is 533 g/mol. The molecule has 3 rings (SSSR count). The van der Waals surface area contributed by atoms with Crippen molar-refractivity contribution in [3.05, 3.63) is 82.7 Å². The summed E-state index contributed by atoms with van der Waals surface area (Å²) in [7, 11) is 1.21. The van der Waals surface area contributed by atoms with Gasteiger partial charge in [0.2, 0.25) is 0 Å². The molecule has 170 valence electrons. The van der Waals surface area contributed by atoms with Gasteiger partial charge in [0.1, 0.15) is 16.1 Å². The number of esters is 1. The van der Waals surface area contributed by atoms with E-state index >= 15 is 0 Å². The Balaban J connectivity index is 2.10. The van der Waals surface area contributed by atoms with Gasteiger partial charge < -0.3 is 10.1 Å². The molecule has 2 aromatic carbocycles. The molecule has 10 nitrogen and oxygen atoms in total. The molecule has 1 heterocycles. The topological polar surface area (TPSA) is 142 Å². The van der Waals surface area contributed by atoms with Crippen LogP contribution in [0.25, 0.3) is 11.1 Å². The van der Waals surface area contributed by atoms with E-state index < -0.39 is 33.1 Å². The Bertz CT molecular complexity index is 1270. The van der Waals surface area contributed by atoms with Crippen molar-refractivity contribution in [1.82, 2.24) is 0 Å². The van der Waals surface area contributed by atoms with Gasteiger partial charge in [-0.05, 0) is 31.5 Å². The van der Waals surface area contributed by atoms with Crippen molar-refractivity contribution in [3.63, 3.8) is 0 Å². The summed E-state index contributed by atoms with van der Waals surface area (Å²) in [4.78, 5) is 47.3. The van der Waals surface area contributed by atoms with Gasteiger partial charge in [-0.2, -0.15) is 0 Å². The average Bonchev–Trinajstić information content (AvgIpc) is 3.08. The van der Waals surface area contributed by atoms with Crippen molar-refractivity contribution in [2.75, 3.05) is 12.4 Å². The molecule has 12 heteroatoms. The van der Waals surface area contributed by atoms with Crippen LogP contribution in [-0.4, -0.2) is 28.8 Å². The van der Waals surface area contributed by atoms with Crippen LogP contribution in [0.1, 0.15) is 31.2 Å². The fourth-order valence-electron chi connectivity index (χ4n) is 3.26. The smallest absolute Gasteiger partial charge is 0.341 e. The molecular formula is C21H16BrN3O7S. The van der Waals surface area contributed by atoms with Crippen molar-refractivity contribution in [1.29, 1.82) is 0 Å². The zero-order valence-corrected chi connectivity index (χ0v) is 19.9. The van der Waals surface area contributed by atoms with Crippen molar-refractivity contribution >= 4 is 55.5 Å². The van der Waals surface area contributed by atoms with Gasteiger partial charge in [-0.1, -0.05) is 28.1 Å². The predicted octanol–water partition coefficient (Wildman–Crippen LogP) is 5.65. The number of nitrogens with zero attached hydrogens (tertiary/aromatic N) is 2. The van der Waals surface area contributed by atoms with Gasteiger partial charge in [-0.15, -0.1) is 11.3 Å². The molecule has 0 radical (unpaired) electrons. The summed E-state index contributed by atoms with van der Waals surface area (Å²) in [5.41, 5.74) is -0.162. The van der Waals surface area contributed by atoms with Crippen LogP contribution < -0.4 is 5.32 Å². The fourth-order valence-corrected chi connectivity index (χ4v) is 4.59. The molecule has 0 saturated heterocycles. The highest BCUT2D eigenvalue weighted by atomic mass is 79.9. The Hall–Kier alpha value is -3.64. The van der Waals surface area contributed by atoms with E-state index in [4.69, 9.17) is 4.74 Å². The number of rotatable bonds is 6. The molecule has 0 aliphatic heterocycles. The normalized spacial score (nSPS) is 10.5. The van der Waals surface area contributed by atoms with Gasteiger partial charge in [0.05, 0.1) is 22.5 Å². The van der Waals surface area contributed by atoms with E-state index in [-0.39, 0.29) is 21.7 Å². The van der Waals surface area contributed by atoms with E-state index in [0.717, 1.165) is 33.5 Å². The number of amides is 1. The van der Waals surface area contributed by atoms with Crippen LogP contribution in [0.5, 0.6) is 0 Å². The quantitative estimate of drug-likeness (QED) is 0.245. The van der Waals surface area contributed by atoms with Crippen LogP contribution in [0, 0.1) is 34.1 Å². The molecule has 0 saturated carbocycles. The van der Waals surface area contributed by atoms with Crippen LogP contribution in [-0.2, 0) is 4.74 Å². The van der Waals surface area contributed by atoms with Gasteiger partial charge in [0.15, 0.2) is 0 Å². The van der Waals surface area contributed by atoms with Gasteiger partial charge in [0, 0.05) is 27.0 Å². The number of nitro groups is 2. The highest BCUT2D eigenvalue weighted by Gasteiger charge is 2.28. The van der Waals surface area contributed by atoms with Gasteiger partial charge in [-0.3, -0.25) is 25.0 Å². The van der Waals surface area contributed by atoms with Crippen LogP contribution in [0.3, 0.4) is 0 Å². The zero-order valence-electron chi connectivity index (χ0n) is 17.5. The lowest BCUT2D eigenvalue weighted by atomic mass is 10.0. The summed E-state index contributed by atoms with van der Waals surface area (Å²) in [6.45, 7) is 3.01. The molecular weight excluding hydrogens is 518 g/mol. The molecule has 1 amide bonds. The maximum absolute atomic E-state index is 12.9. The Labute approximate surface area is 199 Å². The van der Waals surface area contributed by atoms with Crippen molar-refractivity contribution in [2.45, 2.75) is 13.8 Å². The average molecular weight is 534 g/mol. The lowest BCUT2D eigenvalue weighted by Crippen LogP contribution is -2.15. The van der Waals surface area contributed by atoms with Crippen molar-refractivity contribution in [2.24, 2.45) is 0 Å². The van der Waals surface area contributed by atoms with E-state index in [1.165, 1.54) is 14.0 Å². The number of halogens is 1. The highest BCUT2D eigenvalue weighted by Crippen LogP contribution is 2.41. The maximum atomic E-state index is 12.9. The van der Waals surface area contributed by atoms with Crippen LogP contribution in [0.4, 0.5) is 16.4 Å².